The van der Waals surface area contributed by atoms with Gasteiger partial charge in [0, 0.05) is 11.3 Å². The molecule has 4 rings (SSSR count). The van der Waals surface area contributed by atoms with Gasteiger partial charge in [0.1, 0.15) is 17.3 Å². The van der Waals surface area contributed by atoms with Crippen molar-refractivity contribution in [1.82, 2.24) is 0 Å². The molecule has 6 nitrogen and oxygen atoms in total. The summed E-state index contributed by atoms with van der Waals surface area (Å²) < 4.78 is 10.6. The first-order valence-corrected chi connectivity index (χ1v) is 10.5. The number of ether oxygens (including phenoxy) is 2. The Balaban J connectivity index is 1.97. The molecule has 0 spiro atoms. The van der Waals surface area contributed by atoms with E-state index in [1.54, 1.807) is 56.7 Å². The van der Waals surface area contributed by atoms with Gasteiger partial charge in [-0.2, -0.15) is 0 Å². The molecule has 33 heavy (non-hydrogen) atoms. The van der Waals surface area contributed by atoms with Crippen LogP contribution in [0.15, 0.2) is 72.3 Å². The highest BCUT2D eigenvalue weighted by molar-refractivity contribution is 6.51. The Morgan fingerprint density at radius 3 is 2.24 bits per heavy atom. The first-order valence-electron chi connectivity index (χ1n) is 10.5. The van der Waals surface area contributed by atoms with Crippen LogP contribution in [-0.2, 0) is 9.59 Å². The number of benzene rings is 3. The van der Waals surface area contributed by atoms with Crippen LogP contribution in [0.25, 0.3) is 5.76 Å². The molecule has 0 aliphatic carbocycles. The molecule has 0 bridgehead atoms. The van der Waals surface area contributed by atoms with Gasteiger partial charge in [0.25, 0.3) is 11.7 Å². The predicted molar refractivity (Wildman–Crippen MR) is 127 cm³/mol. The summed E-state index contributed by atoms with van der Waals surface area (Å²) in [5.41, 5.74) is 3.53. The molecule has 1 N–H and O–H groups in total. The summed E-state index contributed by atoms with van der Waals surface area (Å²) in [6.07, 6.45) is 0. The lowest BCUT2D eigenvalue weighted by Gasteiger charge is -2.27. The standard InChI is InChI=1S/C27H25NO5/c1-16-8-9-17(2)22(14-16)28-24(19-6-5-7-21(15-19)33-4)23(26(30)27(28)31)25(29)18-10-12-20(32-3)13-11-18/h5-15,24,29H,1-4H3/b25-23+. The molecule has 1 aliphatic heterocycles. The van der Waals surface area contributed by atoms with Crippen LogP contribution in [0.5, 0.6) is 11.5 Å². The van der Waals surface area contributed by atoms with Crippen molar-refractivity contribution in [2.75, 3.05) is 19.1 Å². The maximum atomic E-state index is 13.3. The Labute approximate surface area is 192 Å². The number of anilines is 1. The van der Waals surface area contributed by atoms with Gasteiger partial charge < -0.3 is 14.6 Å². The van der Waals surface area contributed by atoms with Gasteiger partial charge in [-0.3, -0.25) is 14.5 Å². The van der Waals surface area contributed by atoms with Crippen LogP contribution in [0.2, 0.25) is 0 Å². The quantitative estimate of drug-likeness (QED) is 0.343. The molecule has 1 heterocycles. The van der Waals surface area contributed by atoms with E-state index in [9.17, 15) is 14.7 Å². The summed E-state index contributed by atoms with van der Waals surface area (Å²) in [6.45, 7) is 3.82. The lowest BCUT2D eigenvalue weighted by atomic mass is 9.94. The summed E-state index contributed by atoms with van der Waals surface area (Å²) >= 11 is 0. The fraction of sp³-hybridized carbons (Fsp3) is 0.185. The summed E-state index contributed by atoms with van der Waals surface area (Å²) in [5, 5.41) is 11.2. The number of rotatable bonds is 5. The largest absolute Gasteiger partial charge is 0.507 e. The van der Waals surface area contributed by atoms with Crippen molar-refractivity contribution in [1.29, 1.82) is 0 Å². The number of methoxy groups -OCH3 is 2. The molecule has 1 saturated heterocycles. The molecule has 6 heteroatoms. The van der Waals surface area contributed by atoms with E-state index in [0.717, 1.165) is 11.1 Å². The molecule has 0 aromatic heterocycles. The predicted octanol–water partition coefficient (Wildman–Crippen LogP) is 4.95. The zero-order valence-electron chi connectivity index (χ0n) is 19.0. The number of carbonyl (C=O) groups is 2. The van der Waals surface area contributed by atoms with Crippen LogP contribution in [-0.4, -0.2) is 31.0 Å². The summed E-state index contributed by atoms with van der Waals surface area (Å²) in [7, 11) is 3.10. The van der Waals surface area contributed by atoms with E-state index >= 15 is 0 Å². The van der Waals surface area contributed by atoms with E-state index in [0.29, 0.717) is 28.3 Å². The van der Waals surface area contributed by atoms with E-state index < -0.39 is 17.7 Å². The van der Waals surface area contributed by atoms with Crippen molar-refractivity contribution < 1.29 is 24.2 Å². The van der Waals surface area contributed by atoms with Gasteiger partial charge in [-0.05, 0) is 73.0 Å². The number of hydrogen-bond acceptors (Lipinski definition) is 5. The third-order valence-corrected chi connectivity index (χ3v) is 5.84. The molecule has 1 fully saturated rings. The van der Waals surface area contributed by atoms with Crippen LogP contribution in [0.1, 0.15) is 28.3 Å². The smallest absolute Gasteiger partial charge is 0.300 e. The Morgan fingerprint density at radius 1 is 0.879 bits per heavy atom. The van der Waals surface area contributed by atoms with E-state index in [1.807, 2.05) is 38.1 Å². The second kappa shape index (κ2) is 8.82. The van der Waals surface area contributed by atoms with Gasteiger partial charge in [-0.1, -0.05) is 24.3 Å². The molecular formula is C27H25NO5. The van der Waals surface area contributed by atoms with E-state index in [4.69, 9.17) is 9.47 Å². The van der Waals surface area contributed by atoms with Crippen molar-refractivity contribution in [3.63, 3.8) is 0 Å². The Bertz CT molecular complexity index is 1260. The Kier molecular flexibility index (Phi) is 5.92. The first kappa shape index (κ1) is 22.1. The summed E-state index contributed by atoms with van der Waals surface area (Å²) in [5.74, 6) is -0.463. The number of nitrogens with zero attached hydrogens (tertiary/aromatic N) is 1. The lowest BCUT2D eigenvalue weighted by molar-refractivity contribution is -0.132. The molecule has 1 atom stereocenters. The lowest BCUT2D eigenvalue weighted by Crippen LogP contribution is -2.30. The first-order chi connectivity index (χ1) is 15.8. The van der Waals surface area contributed by atoms with Crippen LogP contribution >= 0.6 is 0 Å². The molecule has 0 saturated carbocycles. The fourth-order valence-corrected chi connectivity index (χ4v) is 4.09. The Hall–Kier alpha value is -4.06. The maximum Gasteiger partial charge on any atom is 0.300 e. The minimum atomic E-state index is -0.817. The number of hydrogen-bond donors (Lipinski definition) is 1. The molecule has 3 aromatic carbocycles. The summed E-state index contributed by atoms with van der Waals surface area (Å²) in [6, 6.07) is 18.8. The third-order valence-electron chi connectivity index (χ3n) is 5.84. The minimum Gasteiger partial charge on any atom is -0.507 e. The molecule has 0 radical (unpaired) electrons. The van der Waals surface area contributed by atoms with E-state index in [-0.39, 0.29) is 11.3 Å². The van der Waals surface area contributed by atoms with Crippen molar-refractivity contribution in [3.05, 3.63) is 94.6 Å². The zero-order chi connectivity index (χ0) is 23.7. The van der Waals surface area contributed by atoms with Crippen molar-refractivity contribution in [2.24, 2.45) is 0 Å². The zero-order valence-corrected chi connectivity index (χ0v) is 19.0. The van der Waals surface area contributed by atoms with Gasteiger partial charge in [0.2, 0.25) is 0 Å². The van der Waals surface area contributed by atoms with Crippen LogP contribution < -0.4 is 14.4 Å². The van der Waals surface area contributed by atoms with Crippen molar-refractivity contribution in [3.8, 4) is 11.5 Å². The van der Waals surface area contributed by atoms with Gasteiger partial charge in [-0.25, -0.2) is 0 Å². The normalized spacial score (nSPS) is 17.3. The number of carbonyl (C=O) groups excluding carboxylic acids is 2. The van der Waals surface area contributed by atoms with Gasteiger partial charge in [0.05, 0.1) is 25.8 Å². The van der Waals surface area contributed by atoms with Crippen molar-refractivity contribution in [2.45, 2.75) is 19.9 Å². The number of ketones is 1. The molecule has 1 aliphatic rings. The molecule has 1 amide bonds. The molecule has 168 valence electrons. The van der Waals surface area contributed by atoms with Crippen LogP contribution in [0.3, 0.4) is 0 Å². The average Bonchev–Trinajstić information content (AvgIpc) is 3.10. The van der Waals surface area contributed by atoms with Crippen LogP contribution in [0, 0.1) is 13.8 Å². The number of aliphatic hydroxyl groups is 1. The monoisotopic (exact) mass is 443 g/mol. The highest BCUT2D eigenvalue weighted by atomic mass is 16.5. The second-order valence-corrected chi connectivity index (χ2v) is 7.96. The third kappa shape index (κ3) is 3.96. The summed E-state index contributed by atoms with van der Waals surface area (Å²) in [4.78, 5) is 28.1. The molecular weight excluding hydrogens is 418 g/mol. The fourth-order valence-electron chi connectivity index (χ4n) is 4.09. The number of aryl methyl sites for hydroxylation is 2. The molecule has 1 unspecified atom stereocenters. The average molecular weight is 443 g/mol. The highest BCUT2D eigenvalue weighted by Crippen LogP contribution is 2.44. The van der Waals surface area contributed by atoms with Crippen molar-refractivity contribution >= 4 is 23.1 Å². The van der Waals surface area contributed by atoms with Gasteiger partial charge in [-0.15, -0.1) is 0 Å². The Morgan fingerprint density at radius 2 is 1.58 bits per heavy atom. The van der Waals surface area contributed by atoms with E-state index in [1.165, 1.54) is 4.90 Å². The second-order valence-electron chi connectivity index (χ2n) is 7.96. The highest BCUT2D eigenvalue weighted by Gasteiger charge is 2.47. The van der Waals surface area contributed by atoms with Gasteiger partial charge >= 0.3 is 0 Å². The number of Topliss-reactive ketones (excluding diaryl/α,β-unsaturated/α-hetero) is 1. The maximum absolute atomic E-state index is 13.3. The minimum absolute atomic E-state index is 0.0272. The number of amides is 1. The molecule has 3 aromatic rings. The van der Waals surface area contributed by atoms with Crippen LogP contribution in [0.4, 0.5) is 5.69 Å². The topological polar surface area (TPSA) is 76.1 Å². The number of aliphatic hydroxyl groups excluding tert-OH is 1. The van der Waals surface area contributed by atoms with Gasteiger partial charge in [0.15, 0.2) is 0 Å². The van der Waals surface area contributed by atoms with E-state index in [2.05, 4.69) is 0 Å². The SMILES string of the molecule is COc1ccc(/C(O)=C2\C(=O)C(=O)N(c3cc(C)ccc3C)C2c2cccc(OC)c2)cc1.